The second-order valence-corrected chi connectivity index (χ2v) is 7.24. The number of fused-ring (bicyclic) bond motifs is 1. The molecule has 0 aliphatic carbocycles. The third-order valence-corrected chi connectivity index (χ3v) is 5.26. The van der Waals surface area contributed by atoms with E-state index < -0.39 is 0 Å². The Morgan fingerprint density at radius 2 is 2.07 bits per heavy atom. The number of halogens is 1. The second-order valence-electron chi connectivity index (χ2n) is 5.97. The van der Waals surface area contributed by atoms with E-state index >= 15 is 0 Å². The molecule has 1 amide bonds. The van der Waals surface area contributed by atoms with Crippen molar-refractivity contribution in [3.8, 4) is 17.0 Å². The van der Waals surface area contributed by atoms with E-state index in [1.54, 1.807) is 13.2 Å². The van der Waals surface area contributed by atoms with Gasteiger partial charge in [-0.15, -0.1) is 11.3 Å². The molecule has 0 saturated carbocycles. The number of hydrogen-bond donors (Lipinski definition) is 1. The number of carbonyl (C=O) groups excluding carboxylic acids is 1. The van der Waals surface area contributed by atoms with Crippen molar-refractivity contribution in [3.05, 3.63) is 70.8 Å². The van der Waals surface area contributed by atoms with E-state index in [-0.39, 0.29) is 12.3 Å². The summed E-state index contributed by atoms with van der Waals surface area (Å²) in [6.07, 6.45) is 2.21. The summed E-state index contributed by atoms with van der Waals surface area (Å²) in [5.41, 5.74) is 3.44. The van der Waals surface area contributed by atoms with Crippen molar-refractivity contribution in [1.29, 1.82) is 0 Å². The van der Waals surface area contributed by atoms with E-state index in [9.17, 15) is 4.79 Å². The number of thiazole rings is 1. The minimum Gasteiger partial charge on any atom is -0.497 e. The van der Waals surface area contributed by atoms with E-state index in [1.165, 1.54) is 11.3 Å². The van der Waals surface area contributed by atoms with Gasteiger partial charge < -0.3 is 10.1 Å². The molecule has 0 spiro atoms. The van der Waals surface area contributed by atoms with Crippen LogP contribution in [0.3, 0.4) is 0 Å². The molecule has 7 heteroatoms. The van der Waals surface area contributed by atoms with Crippen LogP contribution in [-0.2, 0) is 11.2 Å². The summed E-state index contributed by atoms with van der Waals surface area (Å²) >= 11 is 7.46. The number of ether oxygens (including phenoxy) is 1. The van der Waals surface area contributed by atoms with E-state index in [0.29, 0.717) is 16.5 Å². The Hall–Kier alpha value is -2.83. The van der Waals surface area contributed by atoms with Gasteiger partial charge in [0.1, 0.15) is 5.75 Å². The van der Waals surface area contributed by atoms with E-state index in [2.05, 4.69) is 10.3 Å². The van der Waals surface area contributed by atoms with Gasteiger partial charge in [0.25, 0.3) is 0 Å². The molecule has 1 N–H and O–H groups in total. The summed E-state index contributed by atoms with van der Waals surface area (Å²) in [5, 5.41) is 5.55. The topological polar surface area (TPSA) is 55.6 Å². The molecule has 0 saturated heterocycles. The van der Waals surface area contributed by atoms with Crippen LogP contribution in [0.2, 0.25) is 5.02 Å². The standard InChI is InChI=1S/C20H16ClN3O2S/c1-26-17-4-2-3-15(9-17)22-19(25)10-16-12-27-20-23-18(11-24(16)20)13-5-7-14(21)8-6-13/h2-9,11-12H,10H2,1H3,(H,22,25). The molecule has 4 aromatic rings. The average Bonchev–Trinajstić information content (AvgIpc) is 3.24. The SMILES string of the molecule is COc1cccc(NC(=O)Cc2csc3nc(-c4ccc(Cl)cc4)cn23)c1. The van der Waals surface area contributed by atoms with Crippen LogP contribution >= 0.6 is 22.9 Å². The van der Waals surface area contributed by atoms with Gasteiger partial charge in [0.15, 0.2) is 4.96 Å². The number of imidazole rings is 1. The lowest BCUT2D eigenvalue weighted by Gasteiger charge is -2.06. The van der Waals surface area contributed by atoms with Crippen molar-refractivity contribution in [2.45, 2.75) is 6.42 Å². The van der Waals surface area contributed by atoms with E-state index in [0.717, 1.165) is 21.9 Å². The minimum atomic E-state index is -0.0929. The Morgan fingerprint density at radius 3 is 2.85 bits per heavy atom. The lowest BCUT2D eigenvalue weighted by Crippen LogP contribution is -2.15. The zero-order chi connectivity index (χ0) is 18.8. The van der Waals surface area contributed by atoms with Crippen LogP contribution in [-0.4, -0.2) is 22.4 Å². The smallest absolute Gasteiger partial charge is 0.230 e. The number of anilines is 1. The first-order chi connectivity index (χ1) is 13.1. The quantitative estimate of drug-likeness (QED) is 0.520. The summed E-state index contributed by atoms with van der Waals surface area (Å²) in [4.78, 5) is 17.9. The molecule has 27 heavy (non-hydrogen) atoms. The fraction of sp³-hybridized carbons (Fsp3) is 0.100. The van der Waals surface area contributed by atoms with Crippen LogP contribution in [0.25, 0.3) is 16.2 Å². The first-order valence-electron chi connectivity index (χ1n) is 8.28. The number of carbonyl (C=O) groups is 1. The van der Waals surface area contributed by atoms with Crippen molar-refractivity contribution in [2.24, 2.45) is 0 Å². The number of hydrogen-bond acceptors (Lipinski definition) is 4. The molecule has 136 valence electrons. The van der Waals surface area contributed by atoms with Gasteiger partial charge in [0.05, 0.1) is 19.2 Å². The molecule has 0 fully saturated rings. The highest BCUT2D eigenvalue weighted by Gasteiger charge is 2.13. The maximum atomic E-state index is 12.4. The molecular formula is C20H16ClN3O2S. The Bertz CT molecular complexity index is 1100. The molecule has 2 heterocycles. The van der Waals surface area contributed by atoms with Crippen LogP contribution in [0, 0.1) is 0 Å². The summed E-state index contributed by atoms with van der Waals surface area (Å²) in [6, 6.07) is 14.8. The number of methoxy groups -OCH3 is 1. The molecule has 2 aromatic carbocycles. The fourth-order valence-electron chi connectivity index (χ4n) is 2.79. The van der Waals surface area contributed by atoms with Gasteiger partial charge in [-0.05, 0) is 24.3 Å². The molecule has 2 aromatic heterocycles. The van der Waals surface area contributed by atoms with E-state index in [4.69, 9.17) is 16.3 Å². The van der Waals surface area contributed by atoms with Crippen LogP contribution < -0.4 is 10.1 Å². The number of amides is 1. The zero-order valence-electron chi connectivity index (χ0n) is 14.5. The number of nitrogens with zero attached hydrogens (tertiary/aromatic N) is 2. The van der Waals surface area contributed by atoms with Crippen molar-refractivity contribution >= 4 is 39.5 Å². The molecule has 0 atom stereocenters. The van der Waals surface area contributed by atoms with Gasteiger partial charge in [0, 0.05) is 39.6 Å². The summed E-state index contributed by atoms with van der Waals surface area (Å²) < 4.78 is 7.14. The van der Waals surface area contributed by atoms with Gasteiger partial charge in [-0.3, -0.25) is 9.20 Å². The third-order valence-electron chi connectivity index (χ3n) is 4.12. The molecule has 0 radical (unpaired) electrons. The fourth-order valence-corrected chi connectivity index (χ4v) is 3.79. The monoisotopic (exact) mass is 397 g/mol. The Morgan fingerprint density at radius 1 is 1.26 bits per heavy atom. The summed E-state index contributed by atoms with van der Waals surface area (Å²) in [7, 11) is 1.60. The van der Waals surface area contributed by atoms with Crippen molar-refractivity contribution < 1.29 is 9.53 Å². The first-order valence-corrected chi connectivity index (χ1v) is 9.53. The highest BCUT2D eigenvalue weighted by molar-refractivity contribution is 7.15. The number of benzene rings is 2. The van der Waals surface area contributed by atoms with Gasteiger partial charge in [0.2, 0.25) is 5.91 Å². The number of nitrogens with one attached hydrogen (secondary N) is 1. The molecule has 5 nitrogen and oxygen atoms in total. The van der Waals surface area contributed by atoms with Crippen LogP contribution in [0.4, 0.5) is 5.69 Å². The molecular weight excluding hydrogens is 382 g/mol. The van der Waals surface area contributed by atoms with Crippen LogP contribution in [0.1, 0.15) is 5.69 Å². The Balaban J connectivity index is 1.53. The maximum Gasteiger partial charge on any atom is 0.230 e. The van der Waals surface area contributed by atoms with Crippen molar-refractivity contribution in [2.75, 3.05) is 12.4 Å². The van der Waals surface area contributed by atoms with Gasteiger partial charge >= 0.3 is 0 Å². The summed E-state index contributed by atoms with van der Waals surface area (Å²) in [6.45, 7) is 0. The normalized spacial score (nSPS) is 10.9. The van der Waals surface area contributed by atoms with Gasteiger partial charge in [-0.1, -0.05) is 29.8 Å². The zero-order valence-corrected chi connectivity index (χ0v) is 16.1. The van der Waals surface area contributed by atoms with Crippen LogP contribution in [0.15, 0.2) is 60.1 Å². The predicted molar refractivity (Wildman–Crippen MR) is 109 cm³/mol. The molecule has 0 unspecified atom stereocenters. The van der Waals surface area contributed by atoms with Crippen molar-refractivity contribution in [1.82, 2.24) is 9.38 Å². The minimum absolute atomic E-state index is 0.0929. The maximum absolute atomic E-state index is 12.4. The number of rotatable bonds is 5. The highest BCUT2D eigenvalue weighted by atomic mass is 35.5. The average molecular weight is 398 g/mol. The van der Waals surface area contributed by atoms with Crippen molar-refractivity contribution in [3.63, 3.8) is 0 Å². The van der Waals surface area contributed by atoms with Crippen LogP contribution in [0.5, 0.6) is 5.75 Å². The Kier molecular flexibility index (Phi) is 4.83. The molecule has 0 aliphatic rings. The molecule has 0 bridgehead atoms. The molecule has 4 rings (SSSR count). The summed E-state index contributed by atoms with van der Waals surface area (Å²) in [5.74, 6) is 0.609. The van der Waals surface area contributed by atoms with Gasteiger partial charge in [-0.25, -0.2) is 4.98 Å². The largest absolute Gasteiger partial charge is 0.497 e. The number of aromatic nitrogens is 2. The lowest BCUT2D eigenvalue weighted by molar-refractivity contribution is -0.115. The Labute approximate surface area is 165 Å². The first kappa shape index (κ1) is 17.6. The highest BCUT2D eigenvalue weighted by Crippen LogP contribution is 2.25. The third kappa shape index (κ3) is 3.82. The lowest BCUT2D eigenvalue weighted by atomic mass is 10.2. The second kappa shape index (κ2) is 7.42. The molecule has 0 aliphatic heterocycles. The van der Waals surface area contributed by atoms with Gasteiger partial charge in [-0.2, -0.15) is 0 Å². The van der Waals surface area contributed by atoms with E-state index in [1.807, 2.05) is 58.4 Å². The predicted octanol–water partition coefficient (Wildman–Crippen LogP) is 4.91.